The molecule has 0 aliphatic rings. The van der Waals surface area contributed by atoms with Crippen molar-refractivity contribution < 1.29 is 4.79 Å². The van der Waals surface area contributed by atoms with Crippen molar-refractivity contribution >= 4 is 23.2 Å². The van der Waals surface area contributed by atoms with Crippen LogP contribution in [0.3, 0.4) is 0 Å². The van der Waals surface area contributed by atoms with E-state index in [1.165, 1.54) is 0 Å². The van der Waals surface area contributed by atoms with Gasteiger partial charge >= 0.3 is 0 Å². The van der Waals surface area contributed by atoms with Gasteiger partial charge in [0.05, 0.1) is 0 Å². The predicted molar refractivity (Wildman–Crippen MR) is 105 cm³/mol. The highest BCUT2D eigenvalue weighted by Crippen LogP contribution is 2.23. The van der Waals surface area contributed by atoms with Crippen molar-refractivity contribution in [1.82, 2.24) is 0 Å². The van der Waals surface area contributed by atoms with E-state index < -0.39 is 0 Å². The fourth-order valence-electron chi connectivity index (χ4n) is 2.69. The van der Waals surface area contributed by atoms with Crippen LogP contribution in [0.5, 0.6) is 0 Å². The Morgan fingerprint density at radius 1 is 0.800 bits per heavy atom. The predicted octanol–water partition coefficient (Wildman–Crippen LogP) is 5.48. The van der Waals surface area contributed by atoms with Gasteiger partial charge in [0.25, 0.3) is 5.91 Å². The number of hydrogen-bond acceptors (Lipinski definition) is 1. The van der Waals surface area contributed by atoms with Crippen LogP contribution in [0.15, 0.2) is 78.9 Å². The average molecular weight is 327 g/mol. The van der Waals surface area contributed by atoms with Crippen molar-refractivity contribution in [3.63, 3.8) is 0 Å². The van der Waals surface area contributed by atoms with Crippen molar-refractivity contribution in [3.8, 4) is 0 Å². The normalized spacial score (nSPS) is 11.2. The maximum absolute atomic E-state index is 13.0. The molecule has 0 unspecified atom stereocenters. The standard InChI is InChI=1S/C23H21NO/c1-17-12-14-20(15-13-17)24-23(25)22(16-19-9-4-3-5-10-19)21-11-7-6-8-18(21)2/h3-16H,1-2H3,(H,24,25)/b22-16+. The van der Waals surface area contributed by atoms with Gasteiger partial charge in [0.15, 0.2) is 0 Å². The van der Waals surface area contributed by atoms with Crippen molar-refractivity contribution in [2.45, 2.75) is 13.8 Å². The van der Waals surface area contributed by atoms with Crippen LogP contribution in [0.2, 0.25) is 0 Å². The quantitative estimate of drug-likeness (QED) is 0.499. The molecule has 2 heteroatoms. The van der Waals surface area contributed by atoms with Gasteiger partial charge in [0.1, 0.15) is 0 Å². The summed E-state index contributed by atoms with van der Waals surface area (Å²) in [5, 5.41) is 3.01. The van der Waals surface area contributed by atoms with Gasteiger partial charge in [-0.2, -0.15) is 0 Å². The molecule has 0 saturated heterocycles. The monoisotopic (exact) mass is 327 g/mol. The van der Waals surface area contributed by atoms with Gasteiger partial charge in [-0.3, -0.25) is 4.79 Å². The van der Waals surface area contributed by atoms with E-state index in [9.17, 15) is 4.79 Å². The van der Waals surface area contributed by atoms with Crippen molar-refractivity contribution in [3.05, 3.63) is 101 Å². The van der Waals surface area contributed by atoms with Crippen LogP contribution < -0.4 is 5.32 Å². The number of carbonyl (C=O) groups excluding carboxylic acids is 1. The number of hydrogen-bond donors (Lipinski definition) is 1. The fraction of sp³-hybridized carbons (Fsp3) is 0.0870. The lowest BCUT2D eigenvalue weighted by Gasteiger charge is -2.12. The SMILES string of the molecule is Cc1ccc(NC(=O)/C(=C/c2ccccc2)c2ccccc2C)cc1. The van der Waals surface area contributed by atoms with E-state index in [0.29, 0.717) is 5.57 Å². The lowest BCUT2D eigenvalue weighted by Crippen LogP contribution is -2.14. The molecule has 124 valence electrons. The van der Waals surface area contributed by atoms with Crippen LogP contribution in [0.25, 0.3) is 11.6 Å². The van der Waals surface area contributed by atoms with Gasteiger partial charge in [-0.1, -0.05) is 72.3 Å². The van der Waals surface area contributed by atoms with Crippen LogP contribution in [-0.4, -0.2) is 5.91 Å². The van der Waals surface area contributed by atoms with Gasteiger partial charge < -0.3 is 5.32 Å². The molecular weight excluding hydrogens is 306 g/mol. The van der Waals surface area contributed by atoms with E-state index in [0.717, 1.165) is 27.9 Å². The smallest absolute Gasteiger partial charge is 0.256 e. The van der Waals surface area contributed by atoms with Crippen molar-refractivity contribution in [2.75, 3.05) is 5.32 Å². The molecule has 1 N–H and O–H groups in total. The third-order valence-electron chi connectivity index (χ3n) is 4.10. The van der Waals surface area contributed by atoms with Gasteiger partial charge in [0.2, 0.25) is 0 Å². The first-order valence-corrected chi connectivity index (χ1v) is 8.34. The van der Waals surface area contributed by atoms with Crippen LogP contribution in [0.4, 0.5) is 5.69 Å². The van der Waals surface area contributed by atoms with Crippen LogP contribution in [-0.2, 0) is 4.79 Å². The van der Waals surface area contributed by atoms with Gasteiger partial charge in [-0.05, 0) is 48.7 Å². The van der Waals surface area contributed by atoms with E-state index >= 15 is 0 Å². The molecule has 25 heavy (non-hydrogen) atoms. The van der Waals surface area contributed by atoms with E-state index in [2.05, 4.69) is 5.32 Å². The topological polar surface area (TPSA) is 29.1 Å². The summed E-state index contributed by atoms with van der Waals surface area (Å²) in [6.07, 6.45) is 1.94. The van der Waals surface area contributed by atoms with Crippen LogP contribution in [0.1, 0.15) is 22.3 Å². The molecule has 0 aliphatic carbocycles. The molecule has 2 nitrogen and oxygen atoms in total. The van der Waals surface area contributed by atoms with E-state index in [1.54, 1.807) is 0 Å². The van der Waals surface area contributed by atoms with Gasteiger partial charge in [-0.25, -0.2) is 0 Å². The Labute approximate surface area is 148 Å². The summed E-state index contributed by atoms with van der Waals surface area (Å²) in [5.41, 5.74) is 5.63. The molecule has 1 amide bonds. The molecule has 0 heterocycles. The second-order valence-electron chi connectivity index (χ2n) is 6.10. The molecule has 0 atom stereocenters. The molecule has 3 aromatic rings. The molecule has 0 bridgehead atoms. The molecule has 0 radical (unpaired) electrons. The number of rotatable bonds is 4. The Bertz CT molecular complexity index is 893. The molecule has 0 aromatic heterocycles. The Balaban J connectivity index is 1.99. The second-order valence-corrected chi connectivity index (χ2v) is 6.10. The van der Waals surface area contributed by atoms with Gasteiger partial charge in [0, 0.05) is 11.3 Å². The Morgan fingerprint density at radius 2 is 1.44 bits per heavy atom. The molecule has 0 saturated carbocycles. The summed E-state index contributed by atoms with van der Waals surface area (Å²) < 4.78 is 0. The maximum atomic E-state index is 13.0. The highest BCUT2D eigenvalue weighted by atomic mass is 16.1. The minimum atomic E-state index is -0.109. The van der Waals surface area contributed by atoms with Crippen molar-refractivity contribution in [2.24, 2.45) is 0 Å². The third-order valence-corrected chi connectivity index (χ3v) is 4.10. The van der Waals surface area contributed by atoms with Crippen molar-refractivity contribution in [1.29, 1.82) is 0 Å². The largest absolute Gasteiger partial charge is 0.322 e. The summed E-state index contributed by atoms with van der Waals surface area (Å²) in [4.78, 5) is 13.0. The lowest BCUT2D eigenvalue weighted by atomic mass is 9.97. The zero-order valence-electron chi connectivity index (χ0n) is 14.5. The first kappa shape index (κ1) is 16.7. The zero-order valence-corrected chi connectivity index (χ0v) is 14.5. The van der Waals surface area contributed by atoms with Gasteiger partial charge in [-0.15, -0.1) is 0 Å². The molecule has 0 aliphatic heterocycles. The van der Waals surface area contributed by atoms with E-state index in [4.69, 9.17) is 0 Å². The minimum Gasteiger partial charge on any atom is -0.322 e. The Morgan fingerprint density at radius 3 is 2.12 bits per heavy atom. The van der Waals surface area contributed by atoms with Crippen LogP contribution >= 0.6 is 0 Å². The number of amides is 1. The number of anilines is 1. The Hall–Kier alpha value is -3.13. The number of nitrogens with one attached hydrogen (secondary N) is 1. The highest BCUT2D eigenvalue weighted by molar-refractivity contribution is 6.29. The summed E-state index contributed by atoms with van der Waals surface area (Å²) in [7, 11) is 0. The molecule has 3 aromatic carbocycles. The minimum absolute atomic E-state index is 0.109. The lowest BCUT2D eigenvalue weighted by molar-refractivity contribution is -0.111. The summed E-state index contributed by atoms with van der Waals surface area (Å²) in [6.45, 7) is 4.05. The zero-order chi connectivity index (χ0) is 17.6. The first-order valence-electron chi connectivity index (χ1n) is 8.34. The summed E-state index contributed by atoms with van der Waals surface area (Å²) >= 11 is 0. The number of carbonyl (C=O) groups is 1. The maximum Gasteiger partial charge on any atom is 0.256 e. The number of benzene rings is 3. The summed E-state index contributed by atoms with van der Waals surface area (Å²) in [6, 6.07) is 25.7. The molecular formula is C23H21NO. The van der Waals surface area contributed by atoms with E-state index in [-0.39, 0.29) is 5.91 Å². The summed E-state index contributed by atoms with van der Waals surface area (Å²) in [5.74, 6) is -0.109. The number of aryl methyl sites for hydroxylation is 2. The second kappa shape index (κ2) is 7.63. The van der Waals surface area contributed by atoms with Crippen LogP contribution in [0, 0.1) is 13.8 Å². The third kappa shape index (κ3) is 4.24. The Kier molecular flexibility index (Phi) is 5.10. The fourth-order valence-corrected chi connectivity index (χ4v) is 2.69. The average Bonchev–Trinajstić information content (AvgIpc) is 2.63. The van der Waals surface area contributed by atoms with E-state index in [1.807, 2.05) is 98.8 Å². The molecule has 0 spiro atoms. The molecule has 3 rings (SSSR count). The highest BCUT2D eigenvalue weighted by Gasteiger charge is 2.14. The molecule has 0 fully saturated rings. The first-order chi connectivity index (χ1) is 12.1.